The van der Waals surface area contributed by atoms with Crippen molar-refractivity contribution < 1.29 is 23.9 Å². The number of esters is 1. The molecule has 1 aromatic carbocycles. The van der Waals surface area contributed by atoms with Gasteiger partial charge in [0.15, 0.2) is 5.78 Å². The smallest absolute Gasteiger partial charge is 0.408 e. The third-order valence-corrected chi connectivity index (χ3v) is 3.58. The van der Waals surface area contributed by atoms with Gasteiger partial charge in [0.1, 0.15) is 5.60 Å². The van der Waals surface area contributed by atoms with Crippen LogP contribution in [-0.4, -0.2) is 36.6 Å². The molecule has 1 aromatic rings. The number of allylic oxidation sites excluding steroid dienone is 1. The van der Waals surface area contributed by atoms with Crippen LogP contribution in [0.25, 0.3) is 0 Å². The van der Waals surface area contributed by atoms with E-state index in [1.54, 1.807) is 26.8 Å². The summed E-state index contributed by atoms with van der Waals surface area (Å²) in [5, 5.41) is 2.65. The van der Waals surface area contributed by atoms with Crippen molar-refractivity contribution in [1.29, 1.82) is 0 Å². The van der Waals surface area contributed by atoms with Gasteiger partial charge in [0.25, 0.3) is 0 Å². The molecule has 27 heavy (non-hydrogen) atoms. The van der Waals surface area contributed by atoms with Gasteiger partial charge in [-0.2, -0.15) is 0 Å². The normalized spacial score (nSPS) is 12.4. The molecule has 0 heterocycles. The first-order valence-electron chi connectivity index (χ1n) is 9.02. The van der Waals surface area contributed by atoms with Crippen molar-refractivity contribution in [3.63, 3.8) is 0 Å². The van der Waals surface area contributed by atoms with Crippen molar-refractivity contribution in [1.82, 2.24) is 5.32 Å². The van der Waals surface area contributed by atoms with Gasteiger partial charge in [-0.25, -0.2) is 4.79 Å². The van der Waals surface area contributed by atoms with Crippen LogP contribution >= 0.6 is 0 Å². The van der Waals surface area contributed by atoms with Gasteiger partial charge in [0.2, 0.25) is 0 Å². The molecule has 0 aliphatic carbocycles. The first kappa shape index (κ1) is 22.4. The summed E-state index contributed by atoms with van der Waals surface area (Å²) >= 11 is 0. The molecule has 1 rings (SSSR count). The lowest BCUT2D eigenvalue weighted by Crippen LogP contribution is -2.44. The lowest BCUT2D eigenvalue weighted by molar-refractivity contribution is -0.140. The van der Waals surface area contributed by atoms with Crippen molar-refractivity contribution in [3.05, 3.63) is 48.0 Å². The Labute approximate surface area is 160 Å². The predicted molar refractivity (Wildman–Crippen MR) is 103 cm³/mol. The van der Waals surface area contributed by atoms with Crippen molar-refractivity contribution in [2.75, 3.05) is 7.11 Å². The third-order valence-electron chi connectivity index (χ3n) is 3.58. The number of ketones is 1. The molecule has 148 valence electrons. The number of carbonyl (C=O) groups is 3. The van der Waals surface area contributed by atoms with Crippen molar-refractivity contribution in [3.8, 4) is 0 Å². The number of carbonyl (C=O) groups excluding carboxylic acids is 3. The van der Waals surface area contributed by atoms with Crippen LogP contribution in [-0.2, 0) is 25.5 Å². The van der Waals surface area contributed by atoms with Gasteiger partial charge in [-0.15, -0.1) is 0 Å². The Bertz CT molecular complexity index is 646. The Kier molecular flexibility index (Phi) is 9.26. The Morgan fingerprint density at radius 2 is 1.81 bits per heavy atom. The van der Waals surface area contributed by atoms with Crippen LogP contribution in [0.5, 0.6) is 0 Å². The maximum absolute atomic E-state index is 12.6. The molecule has 1 atom stereocenters. The fraction of sp³-hybridized carbons (Fsp3) is 0.476. The number of alkyl carbamates (subject to hydrolysis) is 1. The molecule has 6 nitrogen and oxygen atoms in total. The van der Waals surface area contributed by atoms with Crippen LogP contribution in [0.4, 0.5) is 4.79 Å². The van der Waals surface area contributed by atoms with E-state index < -0.39 is 17.7 Å². The summed E-state index contributed by atoms with van der Waals surface area (Å²) in [6.45, 7) is 5.30. The quantitative estimate of drug-likeness (QED) is 0.405. The number of hydrogen-bond donors (Lipinski definition) is 1. The summed E-state index contributed by atoms with van der Waals surface area (Å²) in [5.41, 5.74) is 0.291. The first-order valence-corrected chi connectivity index (χ1v) is 9.02. The van der Waals surface area contributed by atoms with Crippen LogP contribution in [0.15, 0.2) is 42.5 Å². The number of hydrogen-bond acceptors (Lipinski definition) is 5. The van der Waals surface area contributed by atoms with E-state index in [0.717, 1.165) is 5.56 Å². The zero-order valence-corrected chi connectivity index (χ0v) is 16.5. The van der Waals surface area contributed by atoms with Crippen LogP contribution in [0.3, 0.4) is 0 Å². The van der Waals surface area contributed by atoms with Gasteiger partial charge < -0.3 is 14.8 Å². The van der Waals surface area contributed by atoms with Gasteiger partial charge in [0.05, 0.1) is 13.2 Å². The molecular weight excluding hydrogens is 346 g/mol. The highest BCUT2D eigenvalue weighted by atomic mass is 16.6. The SMILES string of the molecule is COC(=O)CCC/C=C/C(=O)[C@H](Cc1ccccc1)NC(=O)OC(C)(C)C. The standard InChI is InChI=1S/C21H29NO5/c1-21(2,3)27-20(25)22-17(15-16-11-7-5-8-12-16)18(23)13-9-6-10-14-19(24)26-4/h5,7-9,11-13,17H,6,10,14-15H2,1-4H3,(H,22,25)/b13-9+/t17-/m0/s1. The number of benzene rings is 1. The minimum Gasteiger partial charge on any atom is -0.469 e. The van der Waals surface area contributed by atoms with Gasteiger partial charge >= 0.3 is 12.1 Å². The third kappa shape index (κ3) is 10.2. The van der Waals surface area contributed by atoms with Crippen LogP contribution in [0.1, 0.15) is 45.6 Å². The molecule has 0 aromatic heterocycles. The average molecular weight is 375 g/mol. The molecular formula is C21H29NO5. The molecule has 0 spiro atoms. The lowest BCUT2D eigenvalue weighted by Gasteiger charge is -2.22. The molecule has 0 fully saturated rings. The molecule has 0 saturated carbocycles. The Morgan fingerprint density at radius 3 is 2.41 bits per heavy atom. The Morgan fingerprint density at radius 1 is 1.15 bits per heavy atom. The number of nitrogens with one attached hydrogen (secondary N) is 1. The lowest BCUT2D eigenvalue weighted by atomic mass is 10.0. The topological polar surface area (TPSA) is 81.7 Å². The molecule has 0 aliphatic heterocycles. The zero-order valence-electron chi connectivity index (χ0n) is 16.5. The highest BCUT2D eigenvalue weighted by Crippen LogP contribution is 2.09. The molecule has 0 bridgehead atoms. The summed E-state index contributed by atoms with van der Waals surface area (Å²) in [6, 6.07) is 8.73. The second kappa shape index (κ2) is 11.2. The summed E-state index contributed by atoms with van der Waals surface area (Å²) in [6.07, 6.45) is 4.37. The molecule has 1 N–H and O–H groups in total. The Balaban J connectivity index is 2.69. The monoisotopic (exact) mass is 375 g/mol. The minimum atomic E-state index is -0.723. The largest absolute Gasteiger partial charge is 0.469 e. The summed E-state index contributed by atoms with van der Waals surface area (Å²) in [7, 11) is 1.35. The molecule has 6 heteroatoms. The molecule has 0 aliphatic rings. The van der Waals surface area contributed by atoms with E-state index in [0.29, 0.717) is 25.7 Å². The molecule has 0 unspecified atom stereocenters. The van der Waals surface area contributed by atoms with Crippen molar-refractivity contribution in [2.45, 2.75) is 58.1 Å². The van der Waals surface area contributed by atoms with Crippen LogP contribution in [0.2, 0.25) is 0 Å². The van der Waals surface area contributed by atoms with Crippen LogP contribution < -0.4 is 5.32 Å². The van der Waals surface area contributed by atoms with E-state index in [-0.39, 0.29) is 11.8 Å². The number of amides is 1. The number of ether oxygens (including phenoxy) is 2. The average Bonchev–Trinajstić information content (AvgIpc) is 2.59. The molecule has 0 saturated heterocycles. The number of rotatable bonds is 9. The fourth-order valence-electron chi connectivity index (χ4n) is 2.30. The zero-order chi connectivity index (χ0) is 20.3. The van der Waals surface area contributed by atoms with Crippen LogP contribution in [0, 0.1) is 0 Å². The van der Waals surface area contributed by atoms with Crippen molar-refractivity contribution in [2.24, 2.45) is 0 Å². The second-order valence-electron chi connectivity index (χ2n) is 7.16. The summed E-state index contributed by atoms with van der Waals surface area (Å²) < 4.78 is 9.83. The van der Waals surface area contributed by atoms with Crippen molar-refractivity contribution >= 4 is 17.8 Å². The second-order valence-corrected chi connectivity index (χ2v) is 7.16. The fourth-order valence-corrected chi connectivity index (χ4v) is 2.30. The maximum Gasteiger partial charge on any atom is 0.408 e. The highest BCUT2D eigenvalue weighted by Gasteiger charge is 2.23. The Hall–Kier alpha value is -2.63. The highest BCUT2D eigenvalue weighted by molar-refractivity contribution is 5.96. The maximum atomic E-state index is 12.6. The van der Waals surface area contributed by atoms with Gasteiger partial charge in [0, 0.05) is 12.8 Å². The summed E-state index contributed by atoms with van der Waals surface area (Å²) in [4.78, 5) is 35.7. The number of unbranched alkanes of at least 4 members (excludes halogenated alkanes) is 1. The van der Waals surface area contributed by atoms with E-state index >= 15 is 0 Å². The number of methoxy groups -OCH3 is 1. The van der Waals surface area contributed by atoms with E-state index in [1.807, 2.05) is 30.3 Å². The predicted octanol–water partition coefficient (Wildman–Crippen LogP) is 3.59. The minimum absolute atomic E-state index is 0.220. The van der Waals surface area contributed by atoms with E-state index in [1.165, 1.54) is 13.2 Å². The summed E-state index contributed by atoms with van der Waals surface area (Å²) in [5.74, 6) is -0.494. The van der Waals surface area contributed by atoms with Gasteiger partial charge in [-0.1, -0.05) is 36.4 Å². The first-order chi connectivity index (χ1) is 12.7. The van der Waals surface area contributed by atoms with Gasteiger partial charge in [-0.05, 0) is 45.3 Å². The molecule has 1 amide bonds. The van der Waals surface area contributed by atoms with E-state index in [2.05, 4.69) is 10.1 Å². The molecule has 0 radical (unpaired) electrons. The van der Waals surface area contributed by atoms with Gasteiger partial charge in [-0.3, -0.25) is 9.59 Å². The van der Waals surface area contributed by atoms with E-state index in [4.69, 9.17) is 4.74 Å². The van der Waals surface area contributed by atoms with E-state index in [9.17, 15) is 14.4 Å².